The Bertz CT molecular complexity index is 1280. The third-order valence-electron chi connectivity index (χ3n) is 5.68. The van der Waals surface area contributed by atoms with Crippen LogP contribution in [0, 0.1) is 27.7 Å². The molecule has 7 heteroatoms. The third kappa shape index (κ3) is 9.81. The van der Waals surface area contributed by atoms with E-state index in [-0.39, 0.29) is 36.8 Å². The largest absolute Gasteiger partial charge is 4.00 e. The zero-order valence-corrected chi connectivity index (χ0v) is 24.8. The van der Waals surface area contributed by atoms with E-state index >= 15 is 0 Å². The van der Waals surface area contributed by atoms with Crippen LogP contribution in [0.15, 0.2) is 108 Å². The Morgan fingerprint density at radius 2 is 1.03 bits per heavy atom. The molecule has 2 atom stereocenters. The fraction of sp³-hybridized carbons (Fsp3) is 0.200. The van der Waals surface area contributed by atoms with Gasteiger partial charge in [-0.05, 0) is 51.0 Å². The van der Waals surface area contributed by atoms with Crippen molar-refractivity contribution in [2.24, 2.45) is 5.73 Å². The van der Waals surface area contributed by atoms with E-state index in [4.69, 9.17) is 5.73 Å². The second-order valence-corrected chi connectivity index (χ2v) is 10.6. The Labute approximate surface area is 240 Å². The van der Waals surface area contributed by atoms with Crippen LogP contribution in [0.1, 0.15) is 45.5 Å². The van der Waals surface area contributed by atoms with Crippen molar-refractivity contribution >= 4 is 10.0 Å². The number of nitrogens with two attached hydrogens (primary N) is 1. The number of halogens is 1. The van der Waals surface area contributed by atoms with Gasteiger partial charge in [0.05, 0.1) is 17.0 Å². The second kappa shape index (κ2) is 15.2. The molecule has 4 rings (SSSR count). The van der Waals surface area contributed by atoms with Crippen molar-refractivity contribution in [1.29, 1.82) is 0 Å². The molecular formula is C30H34ClN2O2RuS+3. The number of nitrogens with one attached hydrogen (secondary N) is 1. The molecule has 4 aromatic carbocycles. The van der Waals surface area contributed by atoms with Gasteiger partial charge in [0.1, 0.15) is 0 Å². The average molecular weight is 623 g/mol. The predicted molar refractivity (Wildman–Crippen MR) is 145 cm³/mol. The van der Waals surface area contributed by atoms with E-state index in [9.17, 15) is 8.42 Å². The molecule has 0 amide bonds. The maximum Gasteiger partial charge on any atom is 4.00 e. The minimum absolute atomic E-state index is 0. The van der Waals surface area contributed by atoms with Crippen LogP contribution in [-0.2, 0) is 29.5 Å². The van der Waals surface area contributed by atoms with Gasteiger partial charge in [-0.2, -0.15) is 0 Å². The first-order valence-electron chi connectivity index (χ1n) is 11.6. The zero-order valence-electron chi connectivity index (χ0n) is 21.5. The first-order valence-corrected chi connectivity index (χ1v) is 13.1. The van der Waals surface area contributed by atoms with E-state index in [0.29, 0.717) is 0 Å². The summed E-state index contributed by atoms with van der Waals surface area (Å²) in [5.74, 6) is 0. The van der Waals surface area contributed by atoms with Crippen molar-refractivity contribution in [2.45, 2.75) is 44.7 Å². The van der Waals surface area contributed by atoms with E-state index < -0.39 is 22.1 Å². The molecule has 0 aliphatic carbocycles. The summed E-state index contributed by atoms with van der Waals surface area (Å²) in [4.78, 5) is 0.226. The van der Waals surface area contributed by atoms with Crippen LogP contribution in [0.3, 0.4) is 0 Å². The topological polar surface area (TPSA) is 72.2 Å². The summed E-state index contributed by atoms with van der Waals surface area (Å²) < 4.78 is 28.6. The van der Waals surface area contributed by atoms with Gasteiger partial charge < -0.3 is 18.1 Å². The van der Waals surface area contributed by atoms with Gasteiger partial charge in [-0.1, -0.05) is 113 Å². The molecule has 0 saturated heterocycles. The maximum absolute atomic E-state index is 12.9. The van der Waals surface area contributed by atoms with E-state index in [0.717, 1.165) is 16.7 Å². The Balaban J connectivity index is 0.000000530. The molecule has 0 aromatic heterocycles. The average Bonchev–Trinajstić information content (AvgIpc) is 2.83. The molecule has 4 aromatic rings. The molecule has 0 heterocycles. The van der Waals surface area contributed by atoms with Gasteiger partial charge >= 0.3 is 19.5 Å². The van der Waals surface area contributed by atoms with Gasteiger partial charge in [0.2, 0.25) is 10.0 Å². The van der Waals surface area contributed by atoms with Crippen LogP contribution in [0.4, 0.5) is 0 Å². The number of hydrogen-bond donors (Lipinski definition) is 2. The second-order valence-electron chi connectivity index (χ2n) is 8.92. The van der Waals surface area contributed by atoms with Crippen LogP contribution < -0.4 is 22.9 Å². The Morgan fingerprint density at radius 1 is 0.622 bits per heavy atom. The molecule has 0 aliphatic rings. The molecule has 0 unspecified atom stereocenters. The SMILES string of the molecule is Cc1cc(C)cc(C)c1.Cc1ccc(S(=O)(=O)N[C@@H](c2ccccc2)[C@@H](N)c2ccccc2)cc1.[Cl-].[Ru+4]. The minimum Gasteiger partial charge on any atom is -1.00 e. The van der Waals surface area contributed by atoms with Gasteiger partial charge in [-0.15, -0.1) is 0 Å². The zero-order chi connectivity index (χ0) is 25.4. The first kappa shape index (κ1) is 32.7. The summed E-state index contributed by atoms with van der Waals surface area (Å²) in [7, 11) is -3.71. The normalized spacial score (nSPS) is 12.1. The van der Waals surface area contributed by atoms with Crippen LogP contribution in [0.5, 0.6) is 0 Å². The minimum atomic E-state index is -3.71. The molecule has 37 heavy (non-hydrogen) atoms. The number of rotatable bonds is 6. The van der Waals surface area contributed by atoms with E-state index in [1.54, 1.807) is 24.3 Å². The number of hydrogen-bond acceptors (Lipinski definition) is 3. The summed E-state index contributed by atoms with van der Waals surface area (Å²) in [6, 6.07) is 31.1. The van der Waals surface area contributed by atoms with Gasteiger partial charge in [0.15, 0.2) is 0 Å². The van der Waals surface area contributed by atoms with Crippen molar-refractivity contribution < 1.29 is 40.3 Å². The number of aryl methyl sites for hydroxylation is 4. The van der Waals surface area contributed by atoms with Crippen molar-refractivity contribution in [3.05, 3.63) is 137 Å². The Hall–Kier alpha value is -2.34. The quantitative estimate of drug-likeness (QED) is 0.324. The molecule has 0 spiro atoms. The summed E-state index contributed by atoms with van der Waals surface area (Å²) >= 11 is 0. The van der Waals surface area contributed by atoms with Gasteiger partial charge in [0.25, 0.3) is 0 Å². The molecule has 0 radical (unpaired) electrons. The molecule has 194 valence electrons. The predicted octanol–water partition coefficient (Wildman–Crippen LogP) is 3.33. The maximum atomic E-state index is 12.9. The molecular weight excluding hydrogens is 589 g/mol. The van der Waals surface area contributed by atoms with Crippen molar-refractivity contribution in [3.63, 3.8) is 0 Å². The monoisotopic (exact) mass is 623 g/mol. The van der Waals surface area contributed by atoms with Crippen LogP contribution in [-0.4, -0.2) is 8.42 Å². The molecule has 0 saturated carbocycles. The fourth-order valence-electron chi connectivity index (χ4n) is 4.03. The van der Waals surface area contributed by atoms with Crippen molar-refractivity contribution in [2.75, 3.05) is 0 Å². The summed E-state index contributed by atoms with van der Waals surface area (Å²) in [6.07, 6.45) is 0. The summed E-state index contributed by atoms with van der Waals surface area (Å²) in [6.45, 7) is 8.29. The molecule has 0 fully saturated rings. The molecule has 3 N–H and O–H groups in total. The van der Waals surface area contributed by atoms with E-state index in [1.807, 2.05) is 67.6 Å². The summed E-state index contributed by atoms with van der Waals surface area (Å²) in [5, 5.41) is 0. The van der Waals surface area contributed by atoms with Crippen LogP contribution in [0.25, 0.3) is 0 Å². The fourth-order valence-corrected chi connectivity index (χ4v) is 5.28. The first-order chi connectivity index (χ1) is 16.7. The summed E-state index contributed by atoms with van der Waals surface area (Å²) in [5.41, 5.74) is 13.2. The standard InChI is InChI=1S/C21H22N2O2S.C9H12.ClH.Ru/c1-16-12-14-19(15-13-16)26(24,25)23-21(18-10-6-3-7-11-18)20(22)17-8-4-2-5-9-17;1-7-4-8(2)6-9(3)5-7;;/h2-15,20-21,23H,22H2,1H3;4-6H,1-3H3;1H;/q;;;+4/p-1/t20-,21-;;;/m0.../s1. The smallest absolute Gasteiger partial charge is 1.00 e. The third-order valence-corrected chi connectivity index (χ3v) is 7.14. The molecule has 0 bridgehead atoms. The van der Waals surface area contributed by atoms with E-state index in [2.05, 4.69) is 43.7 Å². The van der Waals surface area contributed by atoms with Gasteiger partial charge in [0, 0.05) is 0 Å². The molecule has 0 aliphatic heterocycles. The molecule has 4 nitrogen and oxygen atoms in total. The number of benzene rings is 4. The van der Waals surface area contributed by atoms with E-state index in [1.165, 1.54) is 16.7 Å². The van der Waals surface area contributed by atoms with Gasteiger partial charge in [-0.25, -0.2) is 13.1 Å². The Kier molecular flexibility index (Phi) is 13.4. The number of sulfonamides is 1. The van der Waals surface area contributed by atoms with Crippen LogP contribution >= 0.6 is 0 Å². The van der Waals surface area contributed by atoms with Crippen LogP contribution in [0.2, 0.25) is 0 Å². The van der Waals surface area contributed by atoms with Gasteiger partial charge in [-0.3, -0.25) is 0 Å². The van der Waals surface area contributed by atoms with Crippen molar-refractivity contribution in [1.82, 2.24) is 4.72 Å². The van der Waals surface area contributed by atoms with Crippen molar-refractivity contribution in [3.8, 4) is 0 Å². The Morgan fingerprint density at radius 3 is 1.46 bits per heavy atom.